The van der Waals surface area contributed by atoms with Crippen LogP contribution >= 0.6 is 0 Å². The number of halogens is 2. The largest absolute Gasteiger partial charge is 0.436 e. The summed E-state index contributed by atoms with van der Waals surface area (Å²) in [4.78, 5) is 13.0. The lowest BCUT2D eigenvalue weighted by Gasteiger charge is -2.52. The van der Waals surface area contributed by atoms with E-state index in [2.05, 4.69) is 29.6 Å². The zero-order valence-corrected chi connectivity index (χ0v) is 19.0. The van der Waals surface area contributed by atoms with Gasteiger partial charge in [0.2, 0.25) is 0 Å². The number of amides is 1. The number of alkyl carbamates (subject to hydrolysis) is 1. The van der Waals surface area contributed by atoms with E-state index in [1.807, 2.05) is 6.07 Å². The van der Waals surface area contributed by atoms with E-state index < -0.39 is 23.8 Å². The highest BCUT2D eigenvalue weighted by Gasteiger charge is 2.46. The molecule has 3 aliphatic rings. The zero-order chi connectivity index (χ0) is 23.5. The van der Waals surface area contributed by atoms with Crippen LogP contribution in [0.5, 0.6) is 0 Å². The van der Waals surface area contributed by atoms with Crippen molar-refractivity contribution < 1.29 is 22.8 Å². The number of fused-ring (bicyclic) bond motifs is 3. The van der Waals surface area contributed by atoms with Crippen LogP contribution in [0.3, 0.4) is 0 Å². The first-order valence-electron chi connectivity index (χ1n) is 11.9. The molecule has 0 saturated carbocycles. The van der Waals surface area contributed by atoms with E-state index in [9.17, 15) is 13.6 Å². The molecule has 0 radical (unpaired) electrons. The highest BCUT2D eigenvalue weighted by atomic mass is 19.1. The molecule has 2 bridgehead atoms. The van der Waals surface area contributed by atoms with Gasteiger partial charge >= 0.3 is 6.09 Å². The third-order valence-electron chi connectivity index (χ3n) is 7.29. The molecule has 0 spiro atoms. The van der Waals surface area contributed by atoms with E-state index in [-0.39, 0.29) is 6.04 Å². The molecule has 3 fully saturated rings. The van der Waals surface area contributed by atoms with Crippen LogP contribution in [0.1, 0.15) is 35.6 Å². The van der Waals surface area contributed by atoms with E-state index in [0.29, 0.717) is 17.0 Å². The molecule has 3 aromatic rings. The summed E-state index contributed by atoms with van der Waals surface area (Å²) in [6.45, 7) is 4.04. The Hall–Kier alpha value is -3.25. The molecular formula is C28H29F2N2O2+. The van der Waals surface area contributed by atoms with Crippen LogP contribution in [-0.4, -0.2) is 36.3 Å². The average molecular weight is 464 g/mol. The minimum Gasteiger partial charge on any atom is -0.436 e. The van der Waals surface area contributed by atoms with Crippen LogP contribution in [0.4, 0.5) is 13.6 Å². The van der Waals surface area contributed by atoms with Crippen molar-refractivity contribution in [1.29, 1.82) is 0 Å². The lowest BCUT2D eigenvalue weighted by Crippen LogP contribution is -2.66. The topological polar surface area (TPSA) is 38.3 Å². The Morgan fingerprint density at radius 3 is 2.12 bits per heavy atom. The number of carbonyl (C=O) groups is 1. The maximum Gasteiger partial charge on any atom is 0.408 e. The monoisotopic (exact) mass is 463 g/mol. The first kappa shape index (κ1) is 22.5. The summed E-state index contributed by atoms with van der Waals surface area (Å²) >= 11 is 0. The molecule has 0 unspecified atom stereocenters. The number of rotatable bonds is 6. The van der Waals surface area contributed by atoms with Crippen LogP contribution < -0.4 is 5.32 Å². The second-order valence-corrected chi connectivity index (χ2v) is 9.60. The van der Waals surface area contributed by atoms with Gasteiger partial charge in [0.25, 0.3) is 0 Å². The Morgan fingerprint density at radius 1 is 0.912 bits per heavy atom. The number of hydrogen-bond donors (Lipinski definition) is 1. The second kappa shape index (κ2) is 9.55. The minimum absolute atomic E-state index is 0.0133. The lowest BCUT2D eigenvalue weighted by molar-refractivity contribution is -0.956. The quantitative estimate of drug-likeness (QED) is 0.484. The highest BCUT2D eigenvalue weighted by molar-refractivity contribution is 5.68. The van der Waals surface area contributed by atoms with Crippen LogP contribution in [0.25, 0.3) is 0 Å². The summed E-state index contributed by atoms with van der Waals surface area (Å²) in [6, 6.07) is 22.3. The van der Waals surface area contributed by atoms with Gasteiger partial charge in [-0.3, -0.25) is 0 Å². The van der Waals surface area contributed by atoms with Crippen molar-refractivity contribution in [2.45, 2.75) is 31.5 Å². The summed E-state index contributed by atoms with van der Waals surface area (Å²) in [5.74, 6) is -0.453. The Morgan fingerprint density at radius 2 is 1.53 bits per heavy atom. The van der Waals surface area contributed by atoms with Crippen molar-refractivity contribution in [2.24, 2.45) is 5.92 Å². The smallest absolute Gasteiger partial charge is 0.408 e. The van der Waals surface area contributed by atoms with E-state index in [4.69, 9.17) is 4.74 Å². The van der Waals surface area contributed by atoms with Gasteiger partial charge in [-0.25, -0.2) is 13.6 Å². The molecule has 0 aromatic heterocycles. The molecule has 34 heavy (non-hydrogen) atoms. The van der Waals surface area contributed by atoms with E-state index >= 15 is 0 Å². The standard InChI is InChI=1S/C28H28F2N2O2/c29-24-10-4-8-22(16-24)27(23-9-5-11-25(30)17-23)34-28(33)31-26-19-32(14-12-21(26)13-15-32)18-20-6-2-1-3-7-20/h1-11,16-17,21,26-27H,12-15,18-19H2/p+1/t21?,26-,32?/m0/s1. The van der Waals surface area contributed by atoms with Gasteiger partial charge in [0.05, 0.1) is 25.7 Å². The lowest BCUT2D eigenvalue weighted by atomic mass is 9.81. The molecule has 3 heterocycles. The van der Waals surface area contributed by atoms with Gasteiger partial charge in [0.15, 0.2) is 6.10 Å². The van der Waals surface area contributed by atoms with Gasteiger partial charge in [0, 0.05) is 18.4 Å². The number of nitrogens with one attached hydrogen (secondary N) is 1. The van der Waals surface area contributed by atoms with Crippen LogP contribution in [0, 0.1) is 17.6 Å². The summed E-state index contributed by atoms with van der Waals surface area (Å²) in [6.07, 6.45) is 0.666. The summed E-state index contributed by atoms with van der Waals surface area (Å²) < 4.78 is 34.6. The van der Waals surface area contributed by atoms with Gasteiger partial charge in [-0.15, -0.1) is 0 Å². The third kappa shape index (κ3) is 4.97. The summed E-state index contributed by atoms with van der Waals surface area (Å²) in [5, 5.41) is 3.10. The van der Waals surface area contributed by atoms with Crippen molar-refractivity contribution in [3.05, 3.63) is 107 Å². The minimum atomic E-state index is -0.903. The number of carbonyl (C=O) groups excluding carboxylic acids is 1. The molecule has 1 amide bonds. The Bertz CT molecular complexity index is 1100. The maximum atomic E-state index is 13.9. The molecule has 3 aliphatic heterocycles. The van der Waals surface area contributed by atoms with E-state index in [0.717, 1.165) is 43.5 Å². The van der Waals surface area contributed by atoms with Gasteiger partial charge in [-0.2, -0.15) is 0 Å². The number of piperidine rings is 3. The number of benzene rings is 3. The highest BCUT2D eigenvalue weighted by Crippen LogP contribution is 2.36. The van der Waals surface area contributed by atoms with Crippen LogP contribution in [0.15, 0.2) is 78.9 Å². The van der Waals surface area contributed by atoms with Crippen LogP contribution in [-0.2, 0) is 11.3 Å². The molecule has 3 saturated heterocycles. The fourth-order valence-electron chi connectivity index (χ4n) is 5.60. The van der Waals surface area contributed by atoms with Gasteiger partial charge in [-0.1, -0.05) is 54.6 Å². The number of quaternary nitrogens is 1. The van der Waals surface area contributed by atoms with Gasteiger partial charge in [-0.05, 0) is 41.3 Å². The fourth-order valence-corrected chi connectivity index (χ4v) is 5.60. The van der Waals surface area contributed by atoms with E-state index in [1.165, 1.54) is 29.8 Å². The normalized spacial score (nSPS) is 23.6. The summed E-state index contributed by atoms with van der Waals surface area (Å²) in [5.41, 5.74) is 2.23. The van der Waals surface area contributed by atoms with E-state index in [1.54, 1.807) is 24.3 Å². The molecule has 1 N–H and O–H groups in total. The number of nitrogens with zero attached hydrogens (tertiary/aromatic N) is 1. The predicted octanol–water partition coefficient (Wildman–Crippen LogP) is 5.59. The maximum absolute atomic E-state index is 13.9. The molecule has 1 atom stereocenters. The Labute approximate surface area is 198 Å². The van der Waals surface area contributed by atoms with Crippen molar-refractivity contribution in [3.8, 4) is 0 Å². The predicted molar refractivity (Wildman–Crippen MR) is 126 cm³/mol. The Balaban J connectivity index is 1.31. The zero-order valence-electron chi connectivity index (χ0n) is 19.0. The molecule has 6 heteroatoms. The third-order valence-corrected chi connectivity index (χ3v) is 7.29. The number of hydrogen-bond acceptors (Lipinski definition) is 2. The molecule has 176 valence electrons. The number of ether oxygens (including phenoxy) is 1. The Kier molecular flexibility index (Phi) is 6.33. The summed E-state index contributed by atoms with van der Waals surface area (Å²) in [7, 11) is 0. The second-order valence-electron chi connectivity index (χ2n) is 9.60. The average Bonchev–Trinajstić information content (AvgIpc) is 2.83. The van der Waals surface area contributed by atoms with Crippen molar-refractivity contribution >= 4 is 6.09 Å². The van der Waals surface area contributed by atoms with Gasteiger partial charge < -0.3 is 14.5 Å². The van der Waals surface area contributed by atoms with Crippen LogP contribution in [0.2, 0.25) is 0 Å². The fraction of sp³-hybridized carbons (Fsp3) is 0.321. The van der Waals surface area contributed by atoms with Crippen molar-refractivity contribution in [2.75, 3.05) is 19.6 Å². The first-order valence-corrected chi connectivity index (χ1v) is 11.9. The van der Waals surface area contributed by atoms with Crippen molar-refractivity contribution in [3.63, 3.8) is 0 Å². The molecular weight excluding hydrogens is 434 g/mol. The SMILES string of the molecule is O=C(N[C@H]1C[N+]2(Cc3ccccc3)CCC1CC2)OC(c1cccc(F)c1)c1cccc(F)c1. The molecule has 3 aromatic carbocycles. The molecule has 4 nitrogen and oxygen atoms in total. The molecule has 0 aliphatic carbocycles. The first-order chi connectivity index (χ1) is 16.5. The van der Waals surface area contributed by atoms with Gasteiger partial charge in [0.1, 0.15) is 18.2 Å². The molecule has 6 rings (SSSR count). The van der Waals surface area contributed by atoms with Crippen molar-refractivity contribution in [1.82, 2.24) is 5.32 Å².